The number of aryl methyl sites for hydroxylation is 1. The van der Waals surface area contributed by atoms with Gasteiger partial charge < -0.3 is 10.2 Å². The summed E-state index contributed by atoms with van der Waals surface area (Å²) in [6, 6.07) is 10.2. The minimum Gasteiger partial charge on any atom is -0.357 e. The Hall–Kier alpha value is -1.74. The Kier molecular flexibility index (Phi) is 7.77. The van der Waals surface area contributed by atoms with Crippen molar-refractivity contribution in [1.29, 1.82) is 0 Å². The van der Waals surface area contributed by atoms with Gasteiger partial charge in [-0.1, -0.05) is 18.2 Å². The zero-order valence-corrected chi connectivity index (χ0v) is 18.4. The summed E-state index contributed by atoms with van der Waals surface area (Å²) < 4.78 is 0. The van der Waals surface area contributed by atoms with Gasteiger partial charge in [-0.15, -0.1) is 35.3 Å². The van der Waals surface area contributed by atoms with Gasteiger partial charge >= 0.3 is 0 Å². The first-order valence-electron chi connectivity index (χ1n) is 8.40. The van der Waals surface area contributed by atoms with Crippen LogP contribution in [0.5, 0.6) is 0 Å². The lowest BCUT2D eigenvalue weighted by molar-refractivity contribution is 0.471. The molecule has 26 heavy (non-hydrogen) atoms. The fraction of sp³-hybridized carbons (Fsp3) is 0.316. The predicted octanol–water partition coefficient (Wildman–Crippen LogP) is 4.22. The molecule has 7 heteroatoms. The van der Waals surface area contributed by atoms with Crippen LogP contribution in [-0.4, -0.2) is 34.4 Å². The van der Waals surface area contributed by atoms with E-state index in [9.17, 15) is 0 Å². The lowest BCUT2D eigenvalue weighted by Gasteiger charge is -2.21. The molecule has 5 nitrogen and oxygen atoms in total. The largest absolute Gasteiger partial charge is 0.357 e. The van der Waals surface area contributed by atoms with Crippen molar-refractivity contribution in [1.82, 2.24) is 20.2 Å². The quantitative estimate of drug-likeness (QED) is 0.337. The third kappa shape index (κ3) is 5.14. The molecule has 0 bridgehead atoms. The first-order chi connectivity index (χ1) is 12.2. The Balaban J connectivity index is 0.00000243. The Morgan fingerprint density at radius 1 is 1.27 bits per heavy atom. The molecule has 2 heterocycles. The van der Waals surface area contributed by atoms with Gasteiger partial charge in [0.2, 0.25) is 0 Å². The maximum Gasteiger partial charge on any atom is 0.194 e. The van der Waals surface area contributed by atoms with Crippen LogP contribution >= 0.6 is 35.3 Å². The monoisotopic (exact) mass is 481 g/mol. The Morgan fingerprint density at radius 3 is 2.81 bits per heavy atom. The van der Waals surface area contributed by atoms with Crippen molar-refractivity contribution in [3.8, 4) is 0 Å². The second kappa shape index (κ2) is 9.82. The molecule has 3 rings (SSSR count). The van der Waals surface area contributed by atoms with E-state index in [0.717, 1.165) is 40.7 Å². The van der Waals surface area contributed by atoms with Gasteiger partial charge in [0.25, 0.3) is 0 Å². The van der Waals surface area contributed by atoms with Crippen molar-refractivity contribution < 1.29 is 0 Å². The summed E-state index contributed by atoms with van der Waals surface area (Å²) in [5.41, 5.74) is 3.26. The zero-order valence-electron chi connectivity index (χ0n) is 15.3. The highest BCUT2D eigenvalue weighted by atomic mass is 127. The number of hydrogen-bond acceptors (Lipinski definition) is 4. The highest BCUT2D eigenvalue weighted by molar-refractivity contribution is 14.0. The third-order valence-electron chi connectivity index (χ3n) is 3.90. The summed E-state index contributed by atoms with van der Waals surface area (Å²) in [7, 11) is 2.04. The number of hydrogen-bond donors (Lipinski definition) is 1. The lowest BCUT2D eigenvalue weighted by atomic mass is 10.1. The molecule has 1 aromatic carbocycles. The van der Waals surface area contributed by atoms with Crippen LogP contribution in [0.3, 0.4) is 0 Å². The number of rotatable bonds is 5. The average molecular weight is 481 g/mol. The molecule has 0 saturated heterocycles. The number of aliphatic imine (C=N–C) groups is 1. The fourth-order valence-corrected chi connectivity index (χ4v) is 3.33. The van der Waals surface area contributed by atoms with E-state index in [1.165, 1.54) is 5.56 Å². The van der Waals surface area contributed by atoms with Gasteiger partial charge in [0.15, 0.2) is 5.96 Å². The van der Waals surface area contributed by atoms with Crippen LogP contribution in [0.15, 0.2) is 46.9 Å². The van der Waals surface area contributed by atoms with E-state index < -0.39 is 0 Å². The number of guanidine groups is 1. The van der Waals surface area contributed by atoms with E-state index >= 15 is 0 Å². The molecule has 1 N–H and O–H groups in total. The SMILES string of the molecule is CCNC(=NCc1ccnc2ccccc12)N(C)Cc1csc(C)n1.I. The minimum absolute atomic E-state index is 0. The fourth-order valence-electron chi connectivity index (χ4n) is 2.72. The van der Waals surface area contributed by atoms with Crippen LogP contribution in [0.25, 0.3) is 10.9 Å². The van der Waals surface area contributed by atoms with Gasteiger partial charge in [-0.3, -0.25) is 4.98 Å². The number of fused-ring (bicyclic) bond motifs is 1. The van der Waals surface area contributed by atoms with Crippen molar-refractivity contribution in [2.75, 3.05) is 13.6 Å². The van der Waals surface area contributed by atoms with Gasteiger partial charge in [-0.25, -0.2) is 9.98 Å². The molecule has 0 saturated carbocycles. The van der Waals surface area contributed by atoms with Gasteiger partial charge in [-0.05, 0) is 31.5 Å². The second-order valence-corrected chi connectivity index (χ2v) is 6.93. The van der Waals surface area contributed by atoms with Crippen molar-refractivity contribution in [3.63, 3.8) is 0 Å². The Morgan fingerprint density at radius 2 is 2.08 bits per heavy atom. The summed E-state index contributed by atoms with van der Waals surface area (Å²) in [6.45, 7) is 6.30. The molecule has 3 aromatic rings. The average Bonchev–Trinajstić information content (AvgIpc) is 3.03. The molecule has 0 spiro atoms. The number of pyridine rings is 1. The van der Waals surface area contributed by atoms with Crippen molar-refractivity contribution >= 4 is 52.2 Å². The summed E-state index contributed by atoms with van der Waals surface area (Å²) in [5, 5.41) is 7.71. The second-order valence-electron chi connectivity index (χ2n) is 5.87. The van der Waals surface area contributed by atoms with E-state index in [2.05, 4.69) is 38.6 Å². The number of benzene rings is 1. The Bertz CT molecular complexity index is 872. The first kappa shape index (κ1) is 20.6. The minimum atomic E-state index is 0. The van der Waals surface area contributed by atoms with Crippen LogP contribution in [-0.2, 0) is 13.1 Å². The molecule has 0 fully saturated rings. The number of aromatic nitrogens is 2. The number of nitrogens with zero attached hydrogens (tertiary/aromatic N) is 4. The van der Waals surface area contributed by atoms with Crippen molar-refractivity contribution in [2.45, 2.75) is 26.9 Å². The van der Waals surface area contributed by atoms with Crippen molar-refractivity contribution in [2.24, 2.45) is 4.99 Å². The van der Waals surface area contributed by atoms with Crippen LogP contribution in [0.1, 0.15) is 23.2 Å². The topological polar surface area (TPSA) is 53.4 Å². The molecule has 0 unspecified atom stereocenters. The highest BCUT2D eigenvalue weighted by Crippen LogP contribution is 2.17. The molecule has 0 amide bonds. The van der Waals surface area contributed by atoms with Crippen LogP contribution in [0, 0.1) is 6.92 Å². The third-order valence-corrected chi connectivity index (χ3v) is 4.72. The molecule has 0 radical (unpaired) electrons. The van der Waals surface area contributed by atoms with Gasteiger partial charge in [0.1, 0.15) is 0 Å². The summed E-state index contributed by atoms with van der Waals surface area (Å²) in [4.78, 5) is 15.9. The summed E-state index contributed by atoms with van der Waals surface area (Å²) >= 11 is 1.68. The molecule has 0 atom stereocenters. The summed E-state index contributed by atoms with van der Waals surface area (Å²) in [5.74, 6) is 0.883. The molecule has 2 aromatic heterocycles. The van der Waals surface area contributed by atoms with Crippen LogP contribution in [0.4, 0.5) is 0 Å². The van der Waals surface area contributed by atoms with E-state index in [-0.39, 0.29) is 24.0 Å². The smallest absolute Gasteiger partial charge is 0.194 e. The van der Waals surface area contributed by atoms with Gasteiger partial charge in [0.05, 0.1) is 29.3 Å². The van der Waals surface area contributed by atoms with E-state index in [4.69, 9.17) is 4.99 Å². The van der Waals surface area contributed by atoms with Gasteiger partial charge in [0, 0.05) is 30.6 Å². The van der Waals surface area contributed by atoms with Crippen molar-refractivity contribution in [3.05, 3.63) is 58.2 Å². The molecular weight excluding hydrogens is 457 g/mol. The standard InChI is InChI=1S/C19H23N5S.HI/c1-4-20-19(24(3)12-16-13-25-14(2)23-16)22-11-15-9-10-21-18-8-6-5-7-17(15)18;/h5-10,13H,4,11-12H2,1-3H3,(H,20,22);1H. The zero-order chi connectivity index (χ0) is 17.6. The van der Waals surface area contributed by atoms with Gasteiger partial charge in [-0.2, -0.15) is 0 Å². The van der Waals surface area contributed by atoms with E-state index in [1.807, 2.05) is 44.4 Å². The predicted molar refractivity (Wildman–Crippen MR) is 120 cm³/mol. The number of halogens is 1. The number of thiazole rings is 1. The number of nitrogens with one attached hydrogen (secondary N) is 1. The molecule has 0 aliphatic rings. The van der Waals surface area contributed by atoms with Crippen LogP contribution in [0.2, 0.25) is 0 Å². The molecule has 0 aliphatic carbocycles. The Labute approximate surface area is 175 Å². The van der Waals surface area contributed by atoms with Crippen LogP contribution < -0.4 is 5.32 Å². The highest BCUT2D eigenvalue weighted by Gasteiger charge is 2.09. The number of para-hydroxylation sites is 1. The van der Waals surface area contributed by atoms with E-state index in [1.54, 1.807) is 11.3 Å². The maximum atomic E-state index is 4.82. The van der Waals surface area contributed by atoms with E-state index in [0.29, 0.717) is 6.54 Å². The molecule has 138 valence electrons. The lowest BCUT2D eigenvalue weighted by Crippen LogP contribution is -2.38. The normalized spacial score (nSPS) is 11.3. The summed E-state index contributed by atoms with van der Waals surface area (Å²) in [6.07, 6.45) is 1.85. The molecule has 0 aliphatic heterocycles. The maximum absolute atomic E-state index is 4.82. The molecular formula is C19H24IN5S. The first-order valence-corrected chi connectivity index (χ1v) is 9.28.